The van der Waals surface area contributed by atoms with Crippen molar-refractivity contribution in [1.82, 2.24) is 0 Å². The van der Waals surface area contributed by atoms with E-state index in [0.29, 0.717) is 25.7 Å². The summed E-state index contributed by atoms with van der Waals surface area (Å²) < 4.78 is 69.0. The molecule has 0 aromatic carbocycles. The highest BCUT2D eigenvalue weighted by Gasteiger charge is 2.31. The molecule has 0 amide bonds. The number of aliphatic hydroxyl groups excluding tert-OH is 1. The Morgan fingerprint density at radius 2 is 0.468 bits per heavy atom. The Kier molecular flexibility index (Phi) is 79.8. The molecule has 0 saturated carbocycles. The zero-order valence-electron chi connectivity index (χ0n) is 71.9. The summed E-state index contributed by atoms with van der Waals surface area (Å²) in [7, 11) is -9.93. The second-order valence-corrected chi connectivity index (χ2v) is 36.0. The molecule has 17 nitrogen and oxygen atoms in total. The number of aliphatic hydroxyl groups is 1. The Labute approximate surface area is 670 Å². The van der Waals surface area contributed by atoms with Gasteiger partial charge in [-0.05, 0) is 37.5 Å². The van der Waals surface area contributed by atoms with Crippen LogP contribution in [0.1, 0.15) is 485 Å². The van der Waals surface area contributed by atoms with Gasteiger partial charge in [0, 0.05) is 25.7 Å². The second kappa shape index (κ2) is 81.2. The van der Waals surface area contributed by atoms with Gasteiger partial charge in [-0.3, -0.25) is 37.3 Å². The Morgan fingerprint density at radius 3 is 0.697 bits per heavy atom. The molecule has 109 heavy (non-hydrogen) atoms. The van der Waals surface area contributed by atoms with Gasteiger partial charge in [0.1, 0.15) is 19.3 Å². The van der Waals surface area contributed by atoms with E-state index in [2.05, 4.69) is 41.5 Å². The van der Waals surface area contributed by atoms with Crippen LogP contribution in [0.3, 0.4) is 0 Å². The van der Waals surface area contributed by atoms with Gasteiger partial charge in [0.05, 0.1) is 26.4 Å². The van der Waals surface area contributed by atoms with Crippen LogP contribution < -0.4 is 0 Å². The molecule has 3 unspecified atom stereocenters. The summed E-state index contributed by atoms with van der Waals surface area (Å²) in [5, 5.41) is 10.7. The third kappa shape index (κ3) is 82.4. The van der Waals surface area contributed by atoms with Crippen molar-refractivity contribution in [2.45, 2.75) is 503 Å². The van der Waals surface area contributed by atoms with Crippen molar-refractivity contribution in [3.8, 4) is 0 Å². The maximum absolute atomic E-state index is 13.2. The van der Waals surface area contributed by atoms with Gasteiger partial charge < -0.3 is 33.8 Å². The van der Waals surface area contributed by atoms with Gasteiger partial charge in [-0.25, -0.2) is 9.13 Å². The average molecular weight is 1590 g/mol. The van der Waals surface area contributed by atoms with Crippen LogP contribution in [0.2, 0.25) is 0 Å². The predicted molar refractivity (Wildman–Crippen MR) is 451 cm³/mol. The van der Waals surface area contributed by atoms with E-state index in [9.17, 15) is 43.2 Å². The number of unbranched alkanes of at least 4 members (excludes halogenated alkanes) is 58. The van der Waals surface area contributed by atoms with Crippen LogP contribution in [-0.2, 0) is 65.4 Å². The molecule has 19 heteroatoms. The van der Waals surface area contributed by atoms with Gasteiger partial charge in [-0.1, -0.05) is 433 Å². The number of rotatable bonds is 89. The number of ether oxygens (including phenoxy) is 4. The molecule has 0 aromatic rings. The molecule has 0 heterocycles. The van der Waals surface area contributed by atoms with Crippen LogP contribution in [-0.4, -0.2) is 96.7 Å². The summed E-state index contributed by atoms with van der Waals surface area (Å²) in [5.74, 6) is -0.482. The topological polar surface area (TPSA) is 237 Å². The van der Waals surface area contributed by atoms with Crippen LogP contribution in [0.5, 0.6) is 0 Å². The second-order valence-electron chi connectivity index (χ2n) is 33.1. The van der Waals surface area contributed by atoms with E-state index in [1.165, 1.54) is 302 Å². The van der Waals surface area contributed by atoms with Gasteiger partial charge in [0.2, 0.25) is 0 Å². The fourth-order valence-electron chi connectivity index (χ4n) is 14.1. The minimum atomic E-state index is -4.97. The molecule has 648 valence electrons. The lowest BCUT2D eigenvalue weighted by molar-refractivity contribution is -0.161. The lowest BCUT2D eigenvalue weighted by Gasteiger charge is -2.21. The molecule has 0 bridgehead atoms. The van der Waals surface area contributed by atoms with Crippen LogP contribution in [0, 0.1) is 11.8 Å². The first-order valence-corrected chi connectivity index (χ1v) is 49.5. The monoisotopic (exact) mass is 1590 g/mol. The first kappa shape index (κ1) is 107. The fraction of sp³-hybridized carbons (Fsp3) is 0.956. The van der Waals surface area contributed by atoms with Crippen molar-refractivity contribution < 1.29 is 80.2 Å². The first-order valence-electron chi connectivity index (χ1n) is 46.5. The van der Waals surface area contributed by atoms with Gasteiger partial charge >= 0.3 is 39.5 Å². The molecule has 0 aliphatic rings. The molecule has 0 fully saturated rings. The van der Waals surface area contributed by atoms with Gasteiger partial charge in [0.15, 0.2) is 12.2 Å². The highest BCUT2D eigenvalue weighted by molar-refractivity contribution is 7.47. The quantitative estimate of drug-likeness (QED) is 0.0222. The molecule has 0 aliphatic heterocycles. The number of phosphoric acid groups is 2. The van der Waals surface area contributed by atoms with E-state index in [1.54, 1.807) is 0 Å². The minimum Gasteiger partial charge on any atom is -0.462 e. The zero-order valence-corrected chi connectivity index (χ0v) is 73.7. The predicted octanol–water partition coefficient (Wildman–Crippen LogP) is 27.8. The highest BCUT2D eigenvalue weighted by Crippen LogP contribution is 2.45. The van der Waals surface area contributed by atoms with E-state index >= 15 is 0 Å². The van der Waals surface area contributed by atoms with Crippen LogP contribution in [0.25, 0.3) is 0 Å². The number of carbonyl (C=O) groups excluding carboxylic acids is 4. The molecule has 3 N–H and O–H groups in total. The fourth-order valence-corrected chi connectivity index (χ4v) is 15.7. The maximum atomic E-state index is 13.2. The van der Waals surface area contributed by atoms with Gasteiger partial charge in [0.25, 0.3) is 0 Å². The zero-order chi connectivity index (χ0) is 79.9. The van der Waals surface area contributed by atoms with Crippen molar-refractivity contribution in [3.63, 3.8) is 0 Å². The molecular formula is C90H176O17P2. The summed E-state index contributed by atoms with van der Waals surface area (Å²) in [6.45, 7) is 9.74. The summed E-state index contributed by atoms with van der Waals surface area (Å²) in [5.41, 5.74) is 0. The molecular weight excluding hydrogens is 1410 g/mol. The molecule has 0 spiro atoms. The summed E-state index contributed by atoms with van der Waals surface area (Å²) in [6, 6.07) is 0. The highest BCUT2D eigenvalue weighted by atomic mass is 31.2. The van der Waals surface area contributed by atoms with E-state index < -0.39 is 97.5 Å². The number of carbonyl (C=O) groups is 4. The van der Waals surface area contributed by atoms with Crippen molar-refractivity contribution in [2.75, 3.05) is 39.6 Å². The van der Waals surface area contributed by atoms with Crippen molar-refractivity contribution >= 4 is 39.5 Å². The smallest absolute Gasteiger partial charge is 0.462 e. The Balaban J connectivity index is 5.23. The van der Waals surface area contributed by atoms with E-state index in [0.717, 1.165) is 102 Å². The van der Waals surface area contributed by atoms with Crippen molar-refractivity contribution in [1.29, 1.82) is 0 Å². The Bertz CT molecular complexity index is 2080. The molecule has 0 aromatic heterocycles. The van der Waals surface area contributed by atoms with Gasteiger partial charge in [-0.15, -0.1) is 0 Å². The number of hydrogen-bond acceptors (Lipinski definition) is 15. The average Bonchev–Trinajstić information content (AvgIpc) is 0.900. The van der Waals surface area contributed by atoms with E-state index in [1.807, 2.05) is 0 Å². The van der Waals surface area contributed by atoms with E-state index in [4.69, 9.17) is 37.0 Å². The standard InChI is InChI=1S/C90H176O17P2/c1-7-10-12-14-16-18-20-22-24-25-26-27-28-32-35-39-42-48-54-60-66-72-87(92)100-78-85(106-90(95)75-69-63-57-50-44-40-36-33-30-29-31-34-37-41-47-53-59-65-71-83(6)9-3)80-104-108(96,97)102-76-84(91)77-103-109(98,99)105-81-86(79-101-88(93)73-67-61-55-51-45-46-52-58-64-70-82(4)5)107-89(94)74-68-62-56-49-43-38-23-21-19-17-15-13-11-8-2/h82-86,91H,7-81H2,1-6H3,(H,96,97)(H,98,99)/t83?,84-,85-,86-/m1/s1. The third-order valence-corrected chi connectivity index (χ3v) is 23.5. The van der Waals surface area contributed by atoms with E-state index in [-0.39, 0.29) is 25.7 Å². The summed E-state index contributed by atoms with van der Waals surface area (Å²) >= 11 is 0. The number of hydrogen-bond donors (Lipinski definition) is 3. The lowest BCUT2D eigenvalue weighted by Crippen LogP contribution is -2.30. The molecule has 0 saturated heterocycles. The Morgan fingerprint density at radius 1 is 0.266 bits per heavy atom. The number of esters is 4. The molecule has 0 aliphatic carbocycles. The van der Waals surface area contributed by atoms with Crippen molar-refractivity contribution in [2.24, 2.45) is 11.8 Å². The molecule has 6 atom stereocenters. The largest absolute Gasteiger partial charge is 0.472 e. The first-order chi connectivity index (χ1) is 52.9. The van der Waals surface area contributed by atoms with Crippen LogP contribution in [0.4, 0.5) is 0 Å². The third-order valence-electron chi connectivity index (χ3n) is 21.6. The van der Waals surface area contributed by atoms with Gasteiger partial charge in [-0.2, -0.15) is 0 Å². The normalized spacial score (nSPS) is 14.0. The SMILES string of the molecule is CCCCCCCCCCCCCCCCCCCCCCCC(=O)OC[C@H](COP(=O)(O)OC[C@@H](O)COP(=O)(O)OC[C@@H](COC(=O)CCCCCCCCCCCC(C)C)OC(=O)CCCCCCCCCCCCCCCC)OC(=O)CCCCCCCCCCCCCCCCCCCCC(C)CC. The molecule has 0 rings (SSSR count). The summed E-state index contributed by atoms with van der Waals surface area (Å²) in [6.07, 6.45) is 75.1. The minimum absolute atomic E-state index is 0.108. The maximum Gasteiger partial charge on any atom is 0.472 e. The Hall–Kier alpha value is -1.94. The van der Waals surface area contributed by atoms with Crippen LogP contribution in [0.15, 0.2) is 0 Å². The van der Waals surface area contributed by atoms with Crippen LogP contribution >= 0.6 is 15.6 Å². The summed E-state index contributed by atoms with van der Waals surface area (Å²) in [4.78, 5) is 73.4. The van der Waals surface area contributed by atoms with Crippen molar-refractivity contribution in [3.05, 3.63) is 0 Å². The molecule has 0 radical (unpaired) electrons. The lowest BCUT2D eigenvalue weighted by atomic mass is 9.99. The number of phosphoric ester groups is 2.